The Morgan fingerprint density at radius 2 is 1.68 bits per heavy atom. The summed E-state index contributed by atoms with van der Waals surface area (Å²) in [5, 5.41) is 16.0. The molecule has 3 fully saturated rings. The number of hydrogen-bond donors (Lipinski definition) is 2. The summed E-state index contributed by atoms with van der Waals surface area (Å²) < 4.78 is 11.8. The van der Waals surface area contributed by atoms with Crippen molar-refractivity contribution < 1.29 is 14.3 Å². The molecule has 2 aromatic rings. The highest BCUT2D eigenvalue weighted by molar-refractivity contribution is 5.95. The number of carbonyl (C=O) groups excluding carboxylic acids is 1. The molecule has 5 rings (SSSR count). The van der Waals surface area contributed by atoms with Crippen LogP contribution in [0.5, 0.6) is 11.5 Å². The highest BCUT2D eigenvalue weighted by atomic mass is 16.5. The highest BCUT2D eigenvalue weighted by Crippen LogP contribution is 2.55. The second-order valence-electron chi connectivity index (χ2n) is 13.0. The molecule has 2 aliphatic heterocycles. The third-order valence-corrected chi connectivity index (χ3v) is 9.50. The first-order valence-corrected chi connectivity index (χ1v) is 15.0. The van der Waals surface area contributed by atoms with Crippen LogP contribution in [0.2, 0.25) is 0 Å². The van der Waals surface area contributed by atoms with E-state index in [1.165, 1.54) is 38.2 Å². The second-order valence-corrected chi connectivity index (χ2v) is 13.0. The molecule has 0 radical (unpaired) electrons. The Hall–Kier alpha value is -3.28. The van der Waals surface area contributed by atoms with E-state index in [0.717, 1.165) is 32.1 Å². The average molecular weight is 560 g/mol. The van der Waals surface area contributed by atoms with Gasteiger partial charge in [0, 0.05) is 80.0 Å². The SMILES string of the molecule is COc1cc(OC2C(C)(C)C(NC(=O)c3ccc(N4CCC(CN5CCNCC5)CC4)cc3)C2(C)C)ccc1C#N. The van der Waals surface area contributed by atoms with Crippen LogP contribution in [0.3, 0.4) is 0 Å². The minimum absolute atomic E-state index is 0.0593. The van der Waals surface area contributed by atoms with Crippen molar-refractivity contribution in [2.24, 2.45) is 16.7 Å². The molecule has 1 amide bonds. The van der Waals surface area contributed by atoms with Crippen LogP contribution in [0.1, 0.15) is 56.5 Å². The van der Waals surface area contributed by atoms with Gasteiger partial charge < -0.3 is 29.9 Å². The maximum atomic E-state index is 13.3. The summed E-state index contributed by atoms with van der Waals surface area (Å²) in [5.41, 5.74) is 1.75. The Morgan fingerprint density at radius 1 is 1.02 bits per heavy atom. The number of piperazine rings is 1. The van der Waals surface area contributed by atoms with E-state index in [1.54, 1.807) is 25.3 Å². The van der Waals surface area contributed by atoms with Crippen LogP contribution < -0.4 is 25.0 Å². The first-order chi connectivity index (χ1) is 19.6. The fourth-order valence-electron chi connectivity index (χ4n) is 7.44. The molecule has 0 spiro atoms. The highest BCUT2D eigenvalue weighted by Gasteiger charge is 2.64. The first-order valence-electron chi connectivity index (χ1n) is 15.0. The number of benzene rings is 2. The largest absolute Gasteiger partial charge is 0.495 e. The molecule has 0 aromatic heterocycles. The van der Waals surface area contributed by atoms with Crippen LogP contribution in [0.4, 0.5) is 5.69 Å². The molecule has 2 heterocycles. The van der Waals surface area contributed by atoms with Crippen molar-refractivity contribution in [2.75, 3.05) is 57.8 Å². The molecule has 8 heteroatoms. The van der Waals surface area contributed by atoms with Crippen LogP contribution in [-0.2, 0) is 0 Å². The third kappa shape index (κ3) is 6.02. The number of carbonyl (C=O) groups is 1. The quantitative estimate of drug-likeness (QED) is 0.499. The van der Waals surface area contributed by atoms with Crippen molar-refractivity contribution in [3.63, 3.8) is 0 Å². The van der Waals surface area contributed by atoms with Gasteiger partial charge in [-0.2, -0.15) is 5.26 Å². The van der Waals surface area contributed by atoms with E-state index in [-0.39, 0.29) is 28.9 Å². The van der Waals surface area contributed by atoms with E-state index in [1.807, 2.05) is 12.1 Å². The first kappa shape index (κ1) is 29.2. The van der Waals surface area contributed by atoms with Crippen molar-refractivity contribution >= 4 is 11.6 Å². The van der Waals surface area contributed by atoms with Crippen LogP contribution >= 0.6 is 0 Å². The maximum Gasteiger partial charge on any atom is 0.251 e. The van der Waals surface area contributed by atoms with Crippen LogP contribution in [0, 0.1) is 28.1 Å². The van der Waals surface area contributed by atoms with Crippen molar-refractivity contribution in [1.29, 1.82) is 5.26 Å². The monoisotopic (exact) mass is 559 g/mol. The fourth-order valence-corrected chi connectivity index (χ4v) is 7.44. The van der Waals surface area contributed by atoms with Crippen molar-refractivity contribution in [3.05, 3.63) is 53.6 Å². The Labute approximate surface area is 245 Å². The lowest BCUT2D eigenvalue weighted by molar-refractivity contribution is -0.164. The van der Waals surface area contributed by atoms with Gasteiger partial charge >= 0.3 is 0 Å². The summed E-state index contributed by atoms with van der Waals surface area (Å²) in [6.45, 7) is 16.4. The number of anilines is 1. The van der Waals surface area contributed by atoms with Crippen molar-refractivity contribution in [3.8, 4) is 17.6 Å². The molecule has 3 aliphatic rings. The zero-order chi connectivity index (χ0) is 29.2. The molecule has 0 bridgehead atoms. The predicted octanol–water partition coefficient (Wildman–Crippen LogP) is 4.30. The number of hydrogen-bond acceptors (Lipinski definition) is 7. The standard InChI is InChI=1S/C33H45N5O3/c1-32(2)30(33(3,4)31(32)41-27-11-8-25(21-34)28(20-27)40-5)36-29(39)24-6-9-26(10-7-24)38-16-12-23(13-17-38)22-37-18-14-35-15-19-37/h6-11,20,23,30-31,35H,12-19,22H2,1-5H3,(H,36,39). The van der Waals surface area contributed by atoms with Gasteiger partial charge in [-0.25, -0.2) is 0 Å². The number of rotatable bonds is 8. The summed E-state index contributed by atoms with van der Waals surface area (Å²) in [6.07, 6.45) is 2.31. The molecule has 220 valence electrons. The summed E-state index contributed by atoms with van der Waals surface area (Å²) in [4.78, 5) is 18.4. The lowest BCUT2D eigenvalue weighted by atomic mass is 9.49. The van der Waals surface area contributed by atoms with Gasteiger partial charge in [0.15, 0.2) is 0 Å². The van der Waals surface area contributed by atoms with Crippen molar-refractivity contribution in [2.45, 2.75) is 52.7 Å². The lowest BCUT2D eigenvalue weighted by Crippen LogP contribution is -2.74. The minimum atomic E-state index is -0.296. The predicted molar refractivity (Wildman–Crippen MR) is 162 cm³/mol. The van der Waals surface area contributed by atoms with Crippen LogP contribution in [-0.4, -0.2) is 75.9 Å². The van der Waals surface area contributed by atoms with Gasteiger partial charge in [-0.3, -0.25) is 4.79 Å². The Balaban J connectivity index is 1.16. The zero-order valence-corrected chi connectivity index (χ0v) is 25.2. The van der Waals surface area contributed by atoms with Gasteiger partial charge in [0.05, 0.1) is 12.7 Å². The van der Waals surface area contributed by atoms with Gasteiger partial charge in [0.25, 0.3) is 5.91 Å². The van der Waals surface area contributed by atoms with Gasteiger partial charge in [-0.05, 0) is 55.2 Å². The zero-order valence-electron chi connectivity index (χ0n) is 25.2. The van der Waals surface area contributed by atoms with E-state index in [0.29, 0.717) is 22.6 Å². The fraction of sp³-hybridized carbons (Fsp3) is 0.576. The number of nitrogens with zero attached hydrogens (tertiary/aromatic N) is 3. The molecule has 0 unspecified atom stereocenters. The van der Waals surface area contributed by atoms with E-state index in [2.05, 4.69) is 66.3 Å². The van der Waals surface area contributed by atoms with Crippen molar-refractivity contribution in [1.82, 2.24) is 15.5 Å². The number of piperidine rings is 1. The summed E-state index contributed by atoms with van der Waals surface area (Å²) >= 11 is 0. The van der Waals surface area contributed by atoms with E-state index >= 15 is 0 Å². The average Bonchev–Trinajstić information content (AvgIpc) is 2.99. The topological polar surface area (TPSA) is 89.9 Å². The molecule has 2 N–H and O–H groups in total. The molecule has 0 atom stereocenters. The van der Waals surface area contributed by atoms with Gasteiger partial charge in [-0.15, -0.1) is 0 Å². The number of nitrogens with one attached hydrogen (secondary N) is 2. The maximum absolute atomic E-state index is 13.3. The number of methoxy groups -OCH3 is 1. The third-order valence-electron chi connectivity index (χ3n) is 9.50. The number of amides is 1. The molecular weight excluding hydrogens is 514 g/mol. The number of nitriles is 1. The normalized spacial score (nSPS) is 24.1. The molecule has 8 nitrogen and oxygen atoms in total. The Bertz CT molecular complexity index is 1240. The van der Waals surface area contributed by atoms with Crippen LogP contribution in [0.25, 0.3) is 0 Å². The van der Waals surface area contributed by atoms with Gasteiger partial charge in [0.2, 0.25) is 0 Å². The van der Waals surface area contributed by atoms with Crippen LogP contribution in [0.15, 0.2) is 42.5 Å². The van der Waals surface area contributed by atoms with E-state index in [4.69, 9.17) is 9.47 Å². The molecule has 1 saturated carbocycles. The molecule has 1 aliphatic carbocycles. The summed E-state index contributed by atoms with van der Waals surface area (Å²) in [7, 11) is 1.55. The Morgan fingerprint density at radius 3 is 2.29 bits per heavy atom. The second kappa shape index (κ2) is 11.9. The van der Waals surface area contributed by atoms with E-state index < -0.39 is 0 Å². The van der Waals surface area contributed by atoms with Gasteiger partial charge in [0.1, 0.15) is 23.7 Å². The molecule has 41 heavy (non-hydrogen) atoms. The lowest BCUT2D eigenvalue weighted by Gasteiger charge is -2.63. The van der Waals surface area contributed by atoms with E-state index in [9.17, 15) is 10.1 Å². The Kier molecular flexibility index (Phi) is 8.49. The molecular formula is C33H45N5O3. The number of ether oxygens (including phenoxy) is 2. The summed E-state index contributed by atoms with van der Waals surface area (Å²) in [5.74, 6) is 1.86. The summed E-state index contributed by atoms with van der Waals surface area (Å²) in [6, 6.07) is 15.4. The van der Waals surface area contributed by atoms with Gasteiger partial charge in [-0.1, -0.05) is 27.7 Å². The molecule has 2 aromatic carbocycles. The minimum Gasteiger partial charge on any atom is -0.495 e. The smallest absolute Gasteiger partial charge is 0.251 e. The molecule has 2 saturated heterocycles.